The van der Waals surface area contributed by atoms with E-state index >= 15 is 0 Å². The van der Waals surface area contributed by atoms with E-state index in [2.05, 4.69) is 79.7 Å². The van der Waals surface area contributed by atoms with E-state index in [-0.39, 0.29) is 69.2 Å². The Hall–Kier alpha value is -1.40. The summed E-state index contributed by atoms with van der Waals surface area (Å²) < 4.78 is 13.1. The molecule has 66 heavy (non-hydrogen) atoms. The molecule has 0 amide bonds. The summed E-state index contributed by atoms with van der Waals surface area (Å²) in [6, 6.07) is 0. The van der Waals surface area contributed by atoms with E-state index in [4.69, 9.17) is 9.47 Å². The zero-order valence-electron chi connectivity index (χ0n) is 43.0. The van der Waals surface area contributed by atoms with Crippen molar-refractivity contribution < 1.29 is 45.2 Å². The summed E-state index contributed by atoms with van der Waals surface area (Å²) in [5.41, 5.74) is 2.78. The summed E-state index contributed by atoms with van der Waals surface area (Å²) in [7, 11) is 0. The highest BCUT2D eigenvalue weighted by Crippen LogP contribution is 2.71. The third-order valence-electron chi connectivity index (χ3n) is 22.3. The number of hydrogen-bond donors (Lipinski definition) is 7. The maximum absolute atomic E-state index is 11.9. The number of rotatable bonds is 5. The number of allylic oxidation sites excluding steroid dienone is 6. The van der Waals surface area contributed by atoms with Crippen LogP contribution >= 0.6 is 0 Å². The van der Waals surface area contributed by atoms with Crippen LogP contribution in [0.2, 0.25) is 0 Å². The fourth-order valence-corrected chi connectivity index (χ4v) is 17.6. The lowest BCUT2D eigenvalue weighted by Gasteiger charge is -2.55. The second-order valence-corrected chi connectivity index (χ2v) is 27.3. The Morgan fingerprint density at radius 2 is 0.939 bits per heavy atom. The summed E-state index contributed by atoms with van der Waals surface area (Å²) >= 11 is 0. The summed E-state index contributed by atoms with van der Waals surface area (Å²) in [5.74, 6) is 1.42. The minimum Gasteiger partial charge on any atom is -0.393 e. The molecular formula is C57H90O9. The number of fused-ring (bicyclic) bond motifs is 14. The zero-order valence-corrected chi connectivity index (χ0v) is 43.0. The molecule has 0 aromatic carbocycles. The highest BCUT2D eigenvalue weighted by atomic mass is 16.5. The van der Waals surface area contributed by atoms with Crippen molar-refractivity contribution in [2.75, 3.05) is 0 Å². The normalized spacial score (nSPS) is 51.0. The fourth-order valence-electron chi connectivity index (χ4n) is 17.6. The maximum atomic E-state index is 11.9. The molecule has 2 aliphatic heterocycles. The van der Waals surface area contributed by atoms with Crippen molar-refractivity contribution in [1.29, 1.82) is 0 Å². The van der Waals surface area contributed by atoms with Gasteiger partial charge in [-0.2, -0.15) is 0 Å². The van der Waals surface area contributed by atoms with Crippen LogP contribution in [-0.2, 0) is 9.47 Å². The van der Waals surface area contributed by atoms with Crippen molar-refractivity contribution in [3.05, 3.63) is 46.6 Å². The van der Waals surface area contributed by atoms with Crippen molar-refractivity contribution in [1.82, 2.24) is 0 Å². The first-order valence-electron chi connectivity index (χ1n) is 26.4. The summed E-state index contributed by atoms with van der Waals surface area (Å²) in [6.07, 6.45) is 17.6. The van der Waals surface area contributed by atoms with E-state index in [0.29, 0.717) is 23.7 Å². The largest absolute Gasteiger partial charge is 0.393 e. The summed E-state index contributed by atoms with van der Waals surface area (Å²) in [5, 5.41) is 77.1. The van der Waals surface area contributed by atoms with Gasteiger partial charge in [-0.05, 0) is 161 Å². The van der Waals surface area contributed by atoms with E-state index in [1.807, 2.05) is 20.8 Å². The molecule has 8 fully saturated rings. The molecule has 8 aliphatic carbocycles. The quantitative estimate of drug-likeness (QED) is 0.143. The molecule has 372 valence electrons. The van der Waals surface area contributed by atoms with Gasteiger partial charge in [0.25, 0.3) is 0 Å². The predicted octanol–water partition coefficient (Wildman–Crippen LogP) is 8.76. The lowest BCUT2D eigenvalue weighted by Crippen LogP contribution is -2.56. The van der Waals surface area contributed by atoms with Gasteiger partial charge < -0.3 is 45.2 Å². The van der Waals surface area contributed by atoms with E-state index < -0.39 is 47.1 Å². The first kappa shape index (κ1) is 49.6. The van der Waals surface area contributed by atoms with Gasteiger partial charge in [-0.15, -0.1) is 0 Å². The van der Waals surface area contributed by atoms with Crippen LogP contribution in [0.1, 0.15) is 167 Å². The van der Waals surface area contributed by atoms with Crippen LogP contribution in [0.3, 0.4) is 0 Å². The lowest BCUT2D eigenvalue weighted by molar-refractivity contribution is -0.155. The molecule has 22 unspecified atom stereocenters. The van der Waals surface area contributed by atoms with Gasteiger partial charge in [0.1, 0.15) is 12.2 Å². The molecule has 2 saturated heterocycles. The monoisotopic (exact) mass is 919 g/mol. The molecule has 0 spiro atoms. The second-order valence-electron chi connectivity index (χ2n) is 27.3. The standard InChI is InChI=1S/C29H46O4.C28H44O5/c1-16(26(2,3)4)23(31)25-29(7,32)24-22(33-25)15-21-19-9-8-17-14-18(30)10-12-27(17,5)20(19)11-13-28(21,24)6;1-15(25(2,3)31)22(30)24-28(6,32)23-21(33-24)14-20-18-8-7-16-13-17(29)9-11-26(16,4)19(18)10-12-27(20,23)5/h8-9,16,18,20-25,30-32H,10-15H2,1-7H3;7-8,15,17,19-24,29-32H,9-14H2,1-6H3. The molecule has 10 rings (SSSR count). The number of aliphatic hydroxyl groups excluding tert-OH is 4. The van der Waals surface area contributed by atoms with Gasteiger partial charge in [-0.3, -0.25) is 0 Å². The minimum absolute atomic E-state index is 0.00664. The van der Waals surface area contributed by atoms with Crippen molar-refractivity contribution in [2.24, 2.45) is 74.4 Å². The summed E-state index contributed by atoms with van der Waals surface area (Å²) in [6.45, 7) is 27.0. The van der Waals surface area contributed by atoms with Gasteiger partial charge in [-0.25, -0.2) is 0 Å². The van der Waals surface area contributed by atoms with E-state index in [9.17, 15) is 35.7 Å². The zero-order chi connectivity index (χ0) is 48.3. The van der Waals surface area contributed by atoms with Crippen LogP contribution in [0, 0.1) is 74.4 Å². The Labute approximate surface area is 397 Å². The number of aliphatic hydroxyl groups is 7. The predicted molar refractivity (Wildman–Crippen MR) is 258 cm³/mol. The smallest absolute Gasteiger partial charge is 0.113 e. The van der Waals surface area contributed by atoms with E-state index in [0.717, 1.165) is 77.0 Å². The number of hydrogen-bond acceptors (Lipinski definition) is 9. The average molecular weight is 919 g/mol. The third kappa shape index (κ3) is 7.28. The minimum atomic E-state index is -1.16. The lowest BCUT2D eigenvalue weighted by atomic mass is 9.49. The topological polar surface area (TPSA) is 160 Å². The Bertz CT molecular complexity index is 1880. The molecule has 7 N–H and O–H groups in total. The first-order chi connectivity index (χ1) is 30.4. The van der Waals surface area contributed by atoms with Crippen molar-refractivity contribution >= 4 is 0 Å². The third-order valence-corrected chi connectivity index (χ3v) is 22.3. The molecule has 2 heterocycles. The number of ether oxygens (including phenoxy) is 2. The van der Waals surface area contributed by atoms with Gasteiger partial charge in [0.15, 0.2) is 0 Å². The first-order valence-corrected chi connectivity index (χ1v) is 26.4. The maximum Gasteiger partial charge on any atom is 0.113 e. The Morgan fingerprint density at radius 3 is 1.30 bits per heavy atom. The molecule has 0 radical (unpaired) electrons. The molecule has 0 aromatic heterocycles. The molecule has 22 atom stereocenters. The average Bonchev–Trinajstić information content (AvgIpc) is 3.89. The highest BCUT2D eigenvalue weighted by Gasteiger charge is 2.71. The van der Waals surface area contributed by atoms with Crippen LogP contribution in [0.4, 0.5) is 0 Å². The molecule has 9 heteroatoms. The molecular weight excluding hydrogens is 829 g/mol. The molecule has 0 bridgehead atoms. The Balaban J connectivity index is 0.000000166. The van der Waals surface area contributed by atoms with Crippen molar-refractivity contribution in [3.63, 3.8) is 0 Å². The van der Waals surface area contributed by atoms with Gasteiger partial charge in [0, 0.05) is 17.8 Å². The van der Waals surface area contributed by atoms with Crippen molar-refractivity contribution in [3.8, 4) is 0 Å². The van der Waals surface area contributed by atoms with Gasteiger partial charge >= 0.3 is 0 Å². The van der Waals surface area contributed by atoms with Crippen molar-refractivity contribution in [2.45, 2.75) is 233 Å². The molecule has 9 nitrogen and oxygen atoms in total. The van der Waals surface area contributed by atoms with E-state index in [1.165, 1.54) is 16.7 Å². The van der Waals surface area contributed by atoms with Gasteiger partial charge in [-0.1, -0.05) is 109 Å². The second kappa shape index (κ2) is 16.1. The Morgan fingerprint density at radius 1 is 0.561 bits per heavy atom. The van der Waals surface area contributed by atoms with Crippen LogP contribution in [0.15, 0.2) is 46.6 Å². The van der Waals surface area contributed by atoms with Crippen LogP contribution < -0.4 is 0 Å². The van der Waals surface area contributed by atoms with Gasteiger partial charge in [0.05, 0.1) is 53.4 Å². The van der Waals surface area contributed by atoms with Crippen LogP contribution in [-0.4, -0.2) is 101 Å². The summed E-state index contributed by atoms with van der Waals surface area (Å²) in [4.78, 5) is 0. The van der Waals surface area contributed by atoms with E-state index in [1.54, 1.807) is 19.4 Å². The van der Waals surface area contributed by atoms with Crippen LogP contribution in [0.5, 0.6) is 0 Å². The molecule has 10 aliphatic rings. The SMILES string of the molecule is CC(C(O)C1OC2CC3C4=CC=C5CC(O)CCC5(C)C4CCC3(C)C2C1(C)O)C(C)(C)C.CC(C(O)C1OC2CC3C4=CC=C5CC(O)CCC5(C)C4CCC3(C)C2C1(C)O)C(C)(C)O. The Kier molecular flexibility index (Phi) is 12.1. The molecule has 6 saturated carbocycles. The van der Waals surface area contributed by atoms with Crippen LogP contribution in [0.25, 0.3) is 0 Å². The van der Waals surface area contributed by atoms with Gasteiger partial charge in [0.2, 0.25) is 0 Å². The fraction of sp³-hybridized carbons (Fsp3) is 0.860. The molecule has 0 aromatic rings. The highest BCUT2D eigenvalue weighted by molar-refractivity contribution is 5.41.